The number of rotatable bonds is 7. The van der Waals surface area contributed by atoms with Gasteiger partial charge in [0.15, 0.2) is 0 Å². The van der Waals surface area contributed by atoms with E-state index in [0.29, 0.717) is 27.9 Å². The second kappa shape index (κ2) is 9.78. The zero-order valence-corrected chi connectivity index (χ0v) is 17.3. The molecule has 1 atom stereocenters. The van der Waals surface area contributed by atoms with E-state index in [2.05, 4.69) is 16.0 Å². The third-order valence-corrected chi connectivity index (χ3v) is 5.05. The SMILES string of the molecule is CCOC(=O)C1=C(CNCc2ccccc2Cl)NC(=O)NC1c1ccc(Cl)cc1. The van der Waals surface area contributed by atoms with Crippen LogP contribution >= 0.6 is 23.2 Å². The Bertz CT molecular complexity index is 929. The highest BCUT2D eigenvalue weighted by Gasteiger charge is 2.33. The monoisotopic (exact) mass is 433 g/mol. The first-order valence-corrected chi connectivity index (χ1v) is 9.92. The number of amides is 2. The summed E-state index contributed by atoms with van der Waals surface area (Å²) < 4.78 is 5.24. The van der Waals surface area contributed by atoms with E-state index in [1.807, 2.05) is 24.3 Å². The van der Waals surface area contributed by atoms with Gasteiger partial charge in [-0.15, -0.1) is 0 Å². The van der Waals surface area contributed by atoms with Crippen LogP contribution in [0.1, 0.15) is 24.1 Å². The number of ether oxygens (including phenoxy) is 1. The highest BCUT2D eigenvalue weighted by atomic mass is 35.5. The first-order chi connectivity index (χ1) is 14.0. The van der Waals surface area contributed by atoms with E-state index >= 15 is 0 Å². The van der Waals surface area contributed by atoms with E-state index in [-0.39, 0.29) is 13.2 Å². The number of benzene rings is 2. The minimum atomic E-state index is -0.642. The lowest BCUT2D eigenvalue weighted by atomic mass is 9.95. The van der Waals surface area contributed by atoms with Crippen molar-refractivity contribution in [2.24, 2.45) is 0 Å². The molecule has 3 N–H and O–H groups in total. The van der Waals surface area contributed by atoms with E-state index in [1.165, 1.54) is 0 Å². The number of urea groups is 1. The van der Waals surface area contributed by atoms with Gasteiger partial charge >= 0.3 is 12.0 Å². The van der Waals surface area contributed by atoms with Gasteiger partial charge in [-0.1, -0.05) is 53.5 Å². The van der Waals surface area contributed by atoms with Gasteiger partial charge in [-0.25, -0.2) is 9.59 Å². The van der Waals surface area contributed by atoms with Gasteiger partial charge in [0.1, 0.15) is 0 Å². The molecule has 0 bridgehead atoms. The Morgan fingerprint density at radius 1 is 1.10 bits per heavy atom. The van der Waals surface area contributed by atoms with Gasteiger partial charge in [0, 0.05) is 28.8 Å². The first kappa shape index (κ1) is 21.2. The Morgan fingerprint density at radius 2 is 1.83 bits per heavy atom. The van der Waals surface area contributed by atoms with Gasteiger partial charge in [0.2, 0.25) is 0 Å². The number of halogens is 2. The molecule has 0 aliphatic carbocycles. The van der Waals surface area contributed by atoms with E-state index in [4.69, 9.17) is 27.9 Å². The number of nitrogens with one attached hydrogen (secondary N) is 3. The molecule has 1 heterocycles. The van der Waals surface area contributed by atoms with Crippen LogP contribution in [0.25, 0.3) is 0 Å². The molecule has 0 spiro atoms. The molecule has 1 aliphatic rings. The van der Waals surface area contributed by atoms with Crippen molar-refractivity contribution in [3.8, 4) is 0 Å². The van der Waals surface area contributed by atoms with Crippen molar-refractivity contribution in [2.45, 2.75) is 19.5 Å². The Balaban J connectivity index is 1.88. The van der Waals surface area contributed by atoms with Gasteiger partial charge in [0.05, 0.1) is 18.2 Å². The molecule has 29 heavy (non-hydrogen) atoms. The molecule has 2 aromatic rings. The van der Waals surface area contributed by atoms with Crippen LogP contribution < -0.4 is 16.0 Å². The normalized spacial score (nSPS) is 16.2. The molecule has 1 aliphatic heterocycles. The molecule has 8 heteroatoms. The quantitative estimate of drug-likeness (QED) is 0.577. The molecule has 0 aromatic heterocycles. The molecule has 0 radical (unpaired) electrons. The molecule has 1 unspecified atom stereocenters. The largest absolute Gasteiger partial charge is 0.463 e. The maximum atomic E-state index is 12.7. The fraction of sp³-hybridized carbons (Fsp3) is 0.238. The van der Waals surface area contributed by atoms with Crippen LogP contribution in [-0.4, -0.2) is 25.2 Å². The minimum absolute atomic E-state index is 0.226. The summed E-state index contributed by atoms with van der Waals surface area (Å²) in [7, 11) is 0. The smallest absolute Gasteiger partial charge is 0.338 e. The first-order valence-electron chi connectivity index (χ1n) is 9.17. The van der Waals surface area contributed by atoms with Crippen LogP contribution in [0, 0.1) is 0 Å². The van der Waals surface area contributed by atoms with Gasteiger partial charge in [-0.3, -0.25) is 0 Å². The van der Waals surface area contributed by atoms with Crippen LogP contribution in [-0.2, 0) is 16.1 Å². The highest BCUT2D eigenvalue weighted by Crippen LogP contribution is 2.28. The number of hydrogen-bond acceptors (Lipinski definition) is 4. The summed E-state index contributed by atoms with van der Waals surface area (Å²) in [6.45, 7) is 2.70. The molecule has 0 fully saturated rings. The van der Waals surface area contributed by atoms with Crippen LogP contribution in [0.2, 0.25) is 10.0 Å². The molecule has 2 aromatic carbocycles. The maximum absolute atomic E-state index is 12.7. The van der Waals surface area contributed by atoms with Crippen molar-refractivity contribution in [1.82, 2.24) is 16.0 Å². The summed E-state index contributed by atoms with van der Waals surface area (Å²) in [6.07, 6.45) is 0. The van der Waals surface area contributed by atoms with E-state index in [9.17, 15) is 9.59 Å². The Labute approximate surface area is 179 Å². The molecule has 152 valence electrons. The van der Waals surface area contributed by atoms with Crippen LogP contribution in [0.15, 0.2) is 59.8 Å². The summed E-state index contributed by atoms with van der Waals surface area (Å²) in [5.74, 6) is -0.491. The average molecular weight is 434 g/mol. The van der Waals surface area contributed by atoms with Crippen LogP contribution in [0.5, 0.6) is 0 Å². The van der Waals surface area contributed by atoms with E-state index in [1.54, 1.807) is 31.2 Å². The topological polar surface area (TPSA) is 79.5 Å². The third-order valence-electron chi connectivity index (χ3n) is 4.43. The molecular weight excluding hydrogens is 413 g/mol. The van der Waals surface area contributed by atoms with E-state index in [0.717, 1.165) is 11.1 Å². The third kappa shape index (κ3) is 5.29. The Morgan fingerprint density at radius 3 is 2.52 bits per heavy atom. The fourth-order valence-electron chi connectivity index (χ4n) is 3.08. The number of hydrogen-bond donors (Lipinski definition) is 3. The van der Waals surface area contributed by atoms with Crippen LogP contribution in [0.4, 0.5) is 4.79 Å². The molecule has 2 amide bonds. The summed E-state index contributed by atoms with van der Waals surface area (Å²) in [6, 6.07) is 13.4. The minimum Gasteiger partial charge on any atom is -0.463 e. The predicted molar refractivity (Wildman–Crippen MR) is 113 cm³/mol. The van der Waals surface area contributed by atoms with Gasteiger partial charge in [0.25, 0.3) is 0 Å². The Kier molecular flexibility index (Phi) is 7.14. The second-order valence-corrected chi connectivity index (χ2v) is 7.23. The van der Waals surface area contributed by atoms with Crippen molar-refractivity contribution in [3.63, 3.8) is 0 Å². The molecule has 6 nitrogen and oxygen atoms in total. The lowest BCUT2D eigenvalue weighted by molar-refractivity contribution is -0.139. The fourth-order valence-corrected chi connectivity index (χ4v) is 3.40. The zero-order valence-electron chi connectivity index (χ0n) is 15.8. The summed E-state index contributed by atoms with van der Waals surface area (Å²) in [5.41, 5.74) is 2.46. The number of carbonyl (C=O) groups is 2. The van der Waals surface area contributed by atoms with Gasteiger partial charge < -0.3 is 20.7 Å². The average Bonchev–Trinajstić information content (AvgIpc) is 2.69. The van der Waals surface area contributed by atoms with Crippen molar-refractivity contribution >= 4 is 35.2 Å². The highest BCUT2D eigenvalue weighted by molar-refractivity contribution is 6.31. The van der Waals surface area contributed by atoms with Crippen molar-refractivity contribution in [2.75, 3.05) is 13.2 Å². The summed E-state index contributed by atoms with van der Waals surface area (Å²) in [4.78, 5) is 25.0. The Hall–Kier alpha value is -2.54. The standard InChI is InChI=1S/C21H21Cl2N3O3/c1-2-29-20(27)18-17(12-24-11-14-5-3-4-6-16(14)23)25-21(28)26-19(18)13-7-9-15(22)10-8-13/h3-10,19,24H,2,11-12H2,1H3,(H2,25,26,28). The van der Waals surface area contributed by atoms with Gasteiger partial charge in [-0.2, -0.15) is 0 Å². The molecule has 0 saturated carbocycles. The lowest BCUT2D eigenvalue weighted by Crippen LogP contribution is -2.48. The second-order valence-electron chi connectivity index (χ2n) is 6.39. The molecule has 0 saturated heterocycles. The maximum Gasteiger partial charge on any atom is 0.338 e. The van der Waals surface area contributed by atoms with Crippen LogP contribution in [0.3, 0.4) is 0 Å². The van der Waals surface area contributed by atoms with Gasteiger partial charge in [-0.05, 0) is 36.2 Å². The van der Waals surface area contributed by atoms with Crippen molar-refractivity contribution in [1.29, 1.82) is 0 Å². The van der Waals surface area contributed by atoms with E-state index < -0.39 is 18.0 Å². The summed E-state index contributed by atoms with van der Waals surface area (Å²) >= 11 is 12.2. The lowest BCUT2D eigenvalue weighted by Gasteiger charge is -2.29. The molecular formula is C21H21Cl2N3O3. The van der Waals surface area contributed by atoms with Crippen molar-refractivity contribution < 1.29 is 14.3 Å². The summed E-state index contributed by atoms with van der Waals surface area (Å²) in [5, 5.41) is 9.95. The predicted octanol–water partition coefficient (Wildman–Crippen LogP) is 3.95. The number of esters is 1. The number of carbonyl (C=O) groups excluding carboxylic acids is 2. The zero-order chi connectivity index (χ0) is 20.8. The van der Waals surface area contributed by atoms with Crippen molar-refractivity contribution in [3.05, 3.63) is 81.0 Å². The molecule has 3 rings (SSSR count).